The largest absolute Gasteiger partial charge is 0.382 e. The van der Waals surface area contributed by atoms with Crippen LogP contribution in [0.1, 0.15) is 102 Å². The van der Waals surface area contributed by atoms with E-state index in [1.807, 2.05) is 0 Å². The van der Waals surface area contributed by atoms with E-state index in [4.69, 9.17) is 0 Å². The van der Waals surface area contributed by atoms with Gasteiger partial charge in [-0.15, -0.1) is 0 Å². The Morgan fingerprint density at radius 3 is 1.59 bits per heavy atom. The molecule has 0 unspecified atom stereocenters. The summed E-state index contributed by atoms with van der Waals surface area (Å²) in [6.45, 7) is 0. The monoisotopic (exact) mass is 413 g/mol. The molecule has 1 aromatic carbocycles. The zero-order chi connectivity index (χ0) is 19.9. The van der Waals surface area contributed by atoms with Gasteiger partial charge < -0.3 is 5.32 Å². The second-order valence-corrected chi connectivity index (χ2v) is 11.6. The van der Waals surface area contributed by atoms with Crippen molar-refractivity contribution >= 4 is 15.9 Å². The molecule has 0 atom stereocenters. The Bertz CT molecular complexity index is 596. The molecule has 0 heterocycles. The predicted molar refractivity (Wildman–Crippen MR) is 129 cm³/mol. The van der Waals surface area contributed by atoms with Crippen molar-refractivity contribution in [2.45, 2.75) is 120 Å². The molecule has 3 N–H and O–H groups in total. The van der Waals surface area contributed by atoms with Gasteiger partial charge in [-0.3, -0.25) is 10.6 Å². The molecule has 3 fully saturated rings. The summed E-state index contributed by atoms with van der Waals surface area (Å²) in [7, 11) is 1.08. The van der Waals surface area contributed by atoms with E-state index in [1.54, 1.807) is 0 Å². The van der Waals surface area contributed by atoms with Crippen molar-refractivity contribution in [3.63, 3.8) is 0 Å². The number of para-hydroxylation sites is 1. The Balaban J connectivity index is 1.57. The van der Waals surface area contributed by atoms with Crippen LogP contribution in [0.2, 0.25) is 0 Å². The Morgan fingerprint density at radius 1 is 0.621 bits per heavy atom. The van der Waals surface area contributed by atoms with Crippen LogP contribution in [0.5, 0.6) is 0 Å². The van der Waals surface area contributed by atoms with Crippen molar-refractivity contribution in [1.29, 1.82) is 0 Å². The summed E-state index contributed by atoms with van der Waals surface area (Å²) in [5.41, 5.74) is 2.86. The van der Waals surface area contributed by atoms with Gasteiger partial charge in [-0.2, -0.15) is 0 Å². The fourth-order valence-electron chi connectivity index (χ4n) is 6.02. The molecule has 0 aliphatic heterocycles. The normalized spacial score (nSPS) is 23.3. The van der Waals surface area contributed by atoms with Crippen LogP contribution in [0, 0.1) is 0 Å². The molecule has 4 heteroatoms. The van der Waals surface area contributed by atoms with Crippen LogP contribution in [0.4, 0.5) is 5.69 Å². The molecule has 29 heavy (non-hydrogen) atoms. The van der Waals surface area contributed by atoms with E-state index < -0.39 is 0 Å². The van der Waals surface area contributed by atoms with Crippen LogP contribution in [-0.2, 0) is 5.29 Å². The average molecular weight is 414 g/mol. The highest BCUT2D eigenvalue weighted by atomic mass is 28.1. The van der Waals surface area contributed by atoms with Crippen molar-refractivity contribution < 1.29 is 0 Å². The second-order valence-electron chi connectivity index (χ2n) is 10.1. The van der Waals surface area contributed by atoms with Crippen molar-refractivity contribution in [2.24, 2.45) is 0 Å². The number of anilines is 1. The van der Waals surface area contributed by atoms with Crippen molar-refractivity contribution in [3.05, 3.63) is 29.8 Å². The minimum atomic E-state index is -0.0255. The molecule has 4 rings (SSSR count). The SMILES string of the molecule is [SiH3]C(NC1CCCCC1)(NC1CCCCC1)c1ccccc1NC1CCCCC1. The highest BCUT2D eigenvalue weighted by Gasteiger charge is 2.34. The minimum Gasteiger partial charge on any atom is -0.382 e. The fourth-order valence-corrected chi connectivity index (χ4v) is 7.27. The van der Waals surface area contributed by atoms with Gasteiger partial charge in [-0.05, 0) is 44.6 Å². The van der Waals surface area contributed by atoms with Crippen LogP contribution >= 0.6 is 0 Å². The summed E-state index contributed by atoms with van der Waals surface area (Å²) >= 11 is 0. The van der Waals surface area contributed by atoms with Crippen LogP contribution in [-0.4, -0.2) is 28.4 Å². The van der Waals surface area contributed by atoms with E-state index in [-0.39, 0.29) is 5.29 Å². The van der Waals surface area contributed by atoms with Gasteiger partial charge in [-0.1, -0.05) is 76.0 Å². The first-order chi connectivity index (χ1) is 14.2. The summed E-state index contributed by atoms with van der Waals surface area (Å²) in [6, 6.07) is 11.2. The molecular formula is C25H43N3Si. The molecule has 3 saturated carbocycles. The maximum absolute atomic E-state index is 4.18. The summed E-state index contributed by atoms with van der Waals surface area (Å²) < 4.78 is 0. The van der Waals surface area contributed by atoms with Crippen LogP contribution in [0.15, 0.2) is 24.3 Å². The Hall–Kier alpha value is -0.843. The van der Waals surface area contributed by atoms with E-state index in [0.29, 0.717) is 18.1 Å². The molecule has 3 aliphatic carbocycles. The number of hydrogen-bond donors (Lipinski definition) is 3. The highest BCUT2D eigenvalue weighted by molar-refractivity contribution is 6.16. The Kier molecular flexibility index (Phi) is 7.71. The summed E-state index contributed by atoms with van der Waals surface area (Å²) in [5.74, 6) is 0. The number of rotatable bonds is 7. The van der Waals surface area contributed by atoms with Gasteiger partial charge in [0, 0.05) is 29.4 Å². The molecular weight excluding hydrogens is 370 g/mol. The molecule has 3 nitrogen and oxygen atoms in total. The summed E-state index contributed by atoms with van der Waals surface area (Å²) in [4.78, 5) is 0. The topological polar surface area (TPSA) is 36.1 Å². The predicted octanol–water partition coefficient (Wildman–Crippen LogP) is 4.75. The molecule has 0 spiro atoms. The zero-order valence-corrected chi connectivity index (χ0v) is 20.6. The quantitative estimate of drug-likeness (QED) is 0.446. The average Bonchev–Trinajstić information content (AvgIpc) is 2.76. The first kappa shape index (κ1) is 21.4. The second kappa shape index (κ2) is 10.5. The van der Waals surface area contributed by atoms with E-state index in [0.717, 1.165) is 10.2 Å². The van der Waals surface area contributed by atoms with Crippen LogP contribution in [0.3, 0.4) is 0 Å². The number of nitrogens with one attached hydrogen (secondary N) is 3. The van der Waals surface area contributed by atoms with Gasteiger partial charge in [0.1, 0.15) is 0 Å². The first-order valence-electron chi connectivity index (χ1n) is 12.6. The van der Waals surface area contributed by atoms with Gasteiger partial charge in [-0.25, -0.2) is 0 Å². The lowest BCUT2D eigenvalue weighted by atomic mass is 9.92. The van der Waals surface area contributed by atoms with Crippen molar-refractivity contribution in [1.82, 2.24) is 10.6 Å². The van der Waals surface area contributed by atoms with Crippen molar-refractivity contribution in [3.8, 4) is 0 Å². The van der Waals surface area contributed by atoms with E-state index in [2.05, 4.69) is 40.2 Å². The van der Waals surface area contributed by atoms with Crippen LogP contribution < -0.4 is 16.0 Å². The van der Waals surface area contributed by atoms with Crippen molar-refractivity contribution in [2.75, 3.05) is 5.32 Å². The third-order valence-corrected chi connectivity index (χ3v) is 8.74. The lowest BCUT2D eigenvalue weighted by Crippen LogP contribution is -2.61. The lowest BCUT2D eigenvalue weighted by Gasteiger charge is -2.43. The third-order valence-electron chi connectivity index (χ3n) is 7.63. The fraction of sp³-hybridized carbons (Fsp3) is 0.760. The summed E-state index contributed by atoms with van der Waals surface area (Å²) in [6.07, 6.45) is 20.6. The third kappa shape index (κ3) is 5.86. The molecule has 0 aromatic heterocycles. The summed E-state index contributed by atoms with van der Waals surface area (Å²) in [5, 5.41) is 12.3. The lowest BCUT2D eigenvalue weighted by molar-refractivity contribution is 0.236. The van der Waals surface area contributed by atoms with E-state index in [9.17, 15) is 0 Å². The van der Waals surface area contributed by atoms with Gasteiger partial charge >= 0.3 is 0 Å². The van der Waals surface area contributed by atoms with Gasteiger partial charge in [0.2, 0.25) is 0 Å². The van der Waals surface area contributed by atoms with Gasteiger partial charge in [0.05, 0.1) is 15.5 Å². The highest BCUT2D eigenvalue weighted by Crippen LogP contribution is 2.32. The first-order valence-corrected chi connectivity index (χ1v) is 13.6. The number of benzene rings is 1. The standard InChI is InChI=1S/C25H43N3Si/c29-25(27-21-14-6-2-7-15-21,28-22-16-8-3-9-17-22)23-18-10-11-19-24(23)26-20-12-4-1-5-13-20/h10-11,18-22,26-28H,1-9,12-17H2,29H3. The molecule has 0 saturated heterocycles. The molecule has 0 amide bonds. The minimum absolute atomic E-state index is 0.0255. The van der Waals surface area contributed by atoms with E-state index in [1.165, 1.54) is 108 Å². The Labute approximate surface area is 181 Å². The van der Waals surface area contributed by atoms with Gasteiger partial charge in [0.15, 0.2) is 0 Å². The molecule has 3 aliphatic rings. The van der Waals surface area contributed by atoms with E-state index >= 15 is 0 Å². The van der Waals surface area contributed by atoms with Crippen LogP contribution in [0.25, 0.3) is 0 Å². The Morgan fingerprint density at radius 2 is 1.07 bits per heavy atom. The molecule has 0 bridgehead atoms. The maximum Gasteiger partial charge on any atom is 0.0746 e. The van der Waals surface area contributed by atoms with Gasteiger partial charge in [0.25, 0.3) is 0 Å². The molecule has 1 aromatic rings. The molecule has 162 valence electrons. The zero-order valence-electron chi connectivity index (χ0n) is 18.6. The molecule has 0 radical (unpaired) electrons. The maximum atomic E-state index is 4.18. The smallest absolute Gasteiger partial charge is 0.0746 e. The number of hydrogen-bond acceptors (Lipinski definition) is 3.